The number of amides is 1. The summed E-state index contributed by atoms with van der Waals surface area (Å²) in [6, 6.07) is 4.74. The van der Waals surface area contributed by atoms with E-state index in [4.69, 9.17) is 9.47 Å². The summed E-state index contributed by atoms with van der Waals surface area (Å²) in [5.74, 6) is 1.88. The van der Waals surface area contributed by atoms with Crippen LogP contribution in [-0.2, 0) is 14.8 Å². The fourth-order valence-electron chi connectivity index (χ4n) is 4.47. The summed E-state index contributed by atoms with van der Waals surface area (Å²) in [4.78, 5) is 14.6. The topological polar surface area (TPSA) is 76.2 Å². The van der Waals surface area contributed by atoms with Crippen LogP contribution in [0.2, 0.25) is 0 Å². The molecule has 4 rings (SSSR count). The van der Waals surface area contributed by atoms with E-state index in [0.717, 1.165) is 6.42 Å². The van der Waals surface area contributed by atoms with Gasteiger partial charge in [-0.2, -0.15) is 4.31 Å². The fraction of sp³-hybridized carbons (Fsp3) is 0.667. The van der Waals surface area contributed by atoms with Gasteiger partial charge in [-0.1, -0.05) is 32.1 Å². The lowest BCUT2D eigenvalue weighted by molar-refractivity contribution is -0.132. The second-order valence-corrected chi connectivity index (χ2v) is 10.1. The molecule has 3 aliphatic rings. The quantitative estimate of drug-likeness (QED) is 0.729. The van der Waals surface area contributed by atoms with Crippen molar-refractivity contribution in [3.8, 4) is 11.5 Å². The molecule has 0 bridgehead atoms. The Balaban J connectivity index is 1.32. The predicted molar refractivity (Wildman–Crippen MR) is 109 cm³/mol. The van der Waals surface area contributed by atoms with Crippen molar-refractivity contribution in [3.05, 3.63) is 18.2 Å². The summed E-state index contributed by atoms with van der Waals surface area (Å²) in [7, 11) is -3.61. The number of sulfonamides is 1. The molecule has 1 saturated carbocycles. The van der Waals surface area contributed by atoms with Crippen LogP contribution in [0, 0.1) is 5.92 Å². The molecule has 2 aliphatic heterocycles. The Hall–Kier alpha value is -1.80. The smallest absolute Gasteiger partial charge is 0.243 e. The van der Waals surface area contributed by atoms with Gasteiger partial charge in [0.1, 0.15) is 13.2 Å². The third-order valence-corrected chi connectivity index (χ3v) is 8.13. The monoisotopic (exact) mass is 422 g/mol. The fourth-order valence-corrected chi connectivity index (χ4v) is 5.91. The molecule has 1 saturated heterocycles. The molecule has 0 unspecified atom stereocenters. The van der Waals surface area contributed by atoms with Gasteiger partial charge in [0, 0.05) is 38.7 Å². The van der Waals surface area contributed by atoms with Gasteiger partial charge in [0.25, 0.3) is 0 Å². The number of nitrogens with zero attached hydrogens (tertiary/aromatic N) is 2. The molecule has 0 spiro atoms. The minimum Gasteiger partial charge on any atom is -0.486 e. The van der Waals surface area contributed by atoms with Gasteiger partial charge in [-0.05, 0) is 24.5 Å². The zero-order valence-electron chi connectivity index (χ0n) is 16.8. The first-order chi connectivity index (χ1) is 14.0. The number of fused-ring (bicyclic) bond motifs is 1. The second-order valence-electron chi connectivity index (χ2n) is 8.13. The first-order valence-corrected chi connectivity index (χ1v) is 12.2. The highest BCUT2D eigenvalue weighted by Gasteiger charge is 2.31. The van der Waals surface area contributed by atoms with Crippen molar-refractivity contribution in [2.24, 2.45) is 5.92 Å². The summed E-state index contributed by atoms with van der Waals surface area (Å²) >= 11 is 0. The maximum Gasteiger partial charge on any atom is 0.243 e. The van der Waals surface area contributed by atoms with Crippen molar-refractivity contribution >= 4 is 15.9 Å². The molecule has 0 radical (unpaired) electrons. The highest BCUT2D eigenvalue weighted by atomic mass is 32.2. The lowest BCUT2D eigenvalue weighted by Crippen LogP contribution is -2.50. The van der Waals surface area contributed by atoms with E-state index in [1.54, 1.807) is 12.1 Å². The Kier molecular flexibility index (Phi) is 6.29. The van der Waals surface area contributed by atoms with Gasteiger partial charge in [0.05, 0.1) is 4.90 Å². The standard InChI is InChI=1S/C21H30N2O5S/c24-21(9-6-17-4-2-1-3-5-17)22-10-12-23(13-11-22)29(25,26)18-7-8-19-20(16-18)28-15-14-27-19/h7-8,16-17H,1-6,9-15H2. The number of hydrogen-bond donors (Lipinski definition) is 0. The van der Waals surface area contributed by atoms with Gasteiger partial charge in [-0.25, -0.2) is 8.42 Å². The number of carbonyl (C=O) groups is 1. The van der Waals surface area contributed by atoms with E-state index in [9.17, 15) is 13.2 Å². The molecule has 2 heterocycles. The maximum atomic E-state index is 13.0. The molecule has 1 aromatic carbocycles. The minimum atomic E-state index is -3.61. The van der Waals surface area contributed by atoms with Crippen LogP contribution in [0.15, 0.2) is 23.1 Å². The van der Waals surface area contributed by atoms with Gasteiger partial charge in [0.2, 0.25) is 15.9 Å². The summed E-state index contributed by atoms with van der Waals surface area (Å²) < 4.78 is 38.5. The average Bonchev–Trinajstić information content (AvgIpc) is 2.78. The Bertz CT molecular complexity index is 827. The summed E-state index contributed by atoms with van der Waals surface area (Å²) in [6.45, 7) is 2.44. The van der Waals surface area contributed by atoms with E-state index in [0.29, 0.717) is 63.2 Å². The molecule has 0 aromatic heterocycles. The Labute approximate surface area is 173 Å². The highest BCUT2D eigenvalue weighted by molar-refractivity contribution is 7.89. The van der Waals surface area contributed by atoms with E-state index in [2.05, 4.69) is 0 Å². The molecule has 1 amide bonds. The third kappa shape index (κ3) is 4.69. The molecule has 1 aliphatic carbocycles. The van der Waals surface area contributed by atoms with Crippen LogP contribution in [0.5, 0.6) is 11.5 Å². The van der Waals surface area contributed by atoms with Crippen molar-refractivity contribution in [2.75, 3.05) is 39.4 Å². The average molecular weight is 423 g/mol. The maximum absolute atomic E-state index is 13.0. The van der Waals surface area contributed by atoms with Crippen LogP contribution in [0.4, 0.5) is 0 Å². The molecule has 0 atom stereocenters. The molecule has 7 nitrogen and oxygen atoms in total. The van der Waals surface area contributed by atoms with Gasteiger partial charge in [-0.15, -0.1) is 0 Å². The number of benzene rings is 1. The lowest BCUT2D eigenvalue weighted by atomic mass is 9.86. The van der Waals surface area contributed by atoms with E-state index in [-0.39, 0.29) is 10.8 Å². The number of carbonyl (C=O) groups excluding carboxylic acids is 1. The largest absolute Gasteiger partial charge is 0.486 e. The predicted octanol–water partition coefficient (Wildman–Crippen LogP) is 2.65. The van der Waals surface area contributed by atoms with Crippen LogP contribution in [0.25, 0.3) is 0 Å². The first kappa shape index (κ1) is 20.5. The second kappa shape index (κ2) is 8.92. The zero-order chi connectivity index (χ0) is 20.3. The van der Waals surface area contributed by atoms with E-state index < -0.39 is 10.0 Å². The highest BCUT2D eigenvalue weighted by Crippen LogP contribution is 2.33. The van der Waals surface area contributed by atoms with Crippen LogP contribution < -0.4 is 9.47 Å². The summed E-state index contributed by atoms with van der Waals surface area (Å²) in [5, 5.41) is 0. The van der Waals surface area contributed by atoms with Crippen LogP contribution in [0.1, 0.15) is 44.9 Å². The minimum absolute atomic E-state index is 0.159. The van der Waals surface area contributed by atoms with E-state index in [1.165, 1.54) is 42.5 Å². The summed E-state index contributed by atoms with van der Waals surface area (Å²) in [6.07, 6.45) is 7.94. The van der Waals surface area contributed by atoms with Crippen LogP contribution in [-0.4, -0.2) is 62.9 Å². The van der Waals surface area contributed by atoms with E-state index in [1.807, 2.05) is 4.90 Å². The number of piperazine rings is 1. The third-order valence-electron chi connectivity index (χ3n) is 6.23. The SMILES string of the molecule is O=C(CCC1CCCCC1)N1CCN(S(=O)(=O)c2ccc3c(c2)OCCO3)CC1. The Morgan fingerprint density at radius 2 is 1.66 bits per heavy atom. The van der Waals surface area contributed by atoms with Gasteiger partial charge >= 0.3 is 0 Å². The molecular formula is C21H30N2O5S. The summed E-state index contributed by atoms with van der Waals surface area (Å²) in [5.41, 5.74) is 0. The molecule has 160 valence electrons. The molecule has 8 heteroatoms. The van der Waals surface area contributed by atoms with E-state index >= 15 is 0 Å². The van der Waals surface area contributed by atoms with Crippen LogP contribution in [0.3, 0.4) is 0 Å². The molecule has 1 aromatic rings. The van der Waals surface area contributed by atoms with Gasteiger partial charge in [-0.3, -0.25) is 4.79 Å². The number of rotatable bonds is 5. The molecular weight excluding hydrogens is 392 g/mol. The molecule has 2 fully saturated rings. The number of hydrogen-bond acceptors (Lipinski definition) is 5. The van der Waals surface area contributed by atoms with Gasteiger partial charge in [0.15, 0.2) is 11.5 Å². The molecule has 29 heavy (non-hydrogen) atoms. The van der Waals surface area contributed by atoms with Crippen molar-refractivity contribution in [1.82, 2.24) is 9.21 Å². The Morgan fingerprint density at radius 1 is 0.966 bits per heavy atom. The molecule has 0 N–H and O–H groups in total. The van der Waals surface area contributed by atoms with Crippen molar-refractivity contribution < 1.29 is 22.7 Å². The first-order valence-electron chi connectivity index (χ1n) is 10.7. The van der Waals surface area contributed by atoms with Gasteiger partial charge < -0.3 is 14.4 Å². The van der Waals surface area contributed by atoms with Crippen molar-refractivity contribution in [2.45, 2.75) is 49.8 Å². The Morgan fingerprint density at radius 3 is 2.38 bits per heavy atom. The van der Waals surface area contributed by atoms with Crippen molar-refractivity contribution in [3.63, 3.8) is 0 Å². The lowest BCUT2D eigenvalue weighted by Gasteiger charge is -2.34. The normalized spacial score (nSPS) is 21.2. The van der Waals surface area contributed by atoms with Crippen molar-refractivity contribution in [1.29, 1.82) is 0 Å². The zero-order valence-corrected chi connectivity index (χ0v) is 17.7. The number of ether oxygens (including phenoxy) is 2. The van der Waals surface area contributed by atoms with Crippen LogP contribution >= 0.6 is 0 Å².